The number of nitrogen functional groups attached to an aromatic ring is 1. The van der Waals surface area contributed by atoms with Crippen LogP contribution in [0.5, 0.6) is 0 Å². The number of rotatable bonds is 4. The van der Waals surface area contributed by atoms with Gasteiger partial charge in [0.15, 0.2) is 0 Å². The lowest BCUT2D eigenvalue weighted by Gasteiger charge is -2.20. The number of nitrogens with two attached hydrogens (primary N) is 1. The summed E-state index contributed by atoms with van der Waals surface area (Å²) in [7, 11) is 0. The second-order valence-electron chi connectivity index (χ2n) is 2.76. The molecule has 1 rings (SSSR count). The highest BCUT2D eigenvalue weighted by Crippen LogP contribution is 2.10. The molecular weight excluding hydrogens is 178 g/mol. The summed E-state index contributed by atoms with van der Waals surface area (Å²) in [5.41, 5.74) is 5.47. The number of hydrogen-bond donors (Lipinski definition) is 1. The smallest absolute Gasteiger partial charge is 0.221 e. The van der Waals surface area contributed by atoms with Crippen molar-refractivity contribution >= 4 is 11.8 Å². The van der Waals surface area contributed by atoms with E-state index in [2.05, 4.69) is 16.0 Å². The molecule has 0 saturated heterocycles. The molecule has 5 nitrogen and oxygen atoms in total. The van der Waals surface area contributed by atoms with Crippen LogP contribution in [0, 0.1) is 11.3 Å². The molecule has 0 bridgehead atoms. The van der Waals surface area contributed by atoms with Gasteiger partial charge in [-0.1, -0.05) is 0 Å². The van der Waals surface area contributed by atoms with Gasteiger partial charge in [0, 0.05) is 19.3 Å². The van der Waals surface area contributed by atoms with Gasteiger partial charge in [-0.3, -0.25) is 0 Å². The van der Waals surface area contributed by atoms with E-state index in [1.807, 2.05) is 11.8 Å². The molecule has 0 aliphatic rings. The second-order valence-corrected chi connectivity index (χ2v) is 2.76. The minimum absolute atomic E-state index is 0.262. The molecule has 14 heavy (non-hydrogen) atoms. The molecule has 0 radical (unpaired) electrons. The van der Waals surface area contributed by atoms with Crippen LogP contribution in [0.2, 0.25) is 0 Å². The molecule has 74 valence electrons. The molecule has 0 aliphatic carbocycles. The second kappa shape index (κ2) is 5.02. The van der Waals surface area contributed by atoms with Gasteiger partial charge in [0.25, 0.3) is 0 Å². The van der Waals surface area contributed by atoms with Gasteiger partial charge in [0.1, 0.15) is 5.82 Å². The Bertz CT molecular complexity index is 330. The molecule has 0 unspecified atom stereocenters. The molecule has 2 N–H and O–H groups in total. The highest BCUT2D eigenvalue weighted by molar-refractivity contribution is 5.40. The summed E-state index contributed by atoms with van der Waals surface area (Å²) in [5.74, 6) is 1.04. The van der Waals surface area contributed by atoms with Gasteiger partial charge in [-0.2, -0.15) is 10.2 Å². The summed E-state index contributed by atoms with van der Waals surface area (Å²) in [6.07, 6.45) is 2.10. The standard InChI is InChI=1S/C9H13N5/c1-2-14(7-3-5-10)8-4-6-12-9(11)13-8/h4,6H,2-3,7H2,1H3,(H2,11,12,13). The van der Waals surface area contributed by atoms with Crippen LogP contribution < -0.4 is 10.6 Å². The van der Waals surface area contributed by atoms with Crippen molar-refractivity contribution in [2.24, 2.45) is 0 Å². The lowest BCUT2D eigenvalue weighted by atomic mass is 10.4. The highest BCUT2D eigenvalue weighted by atomic mass is 15.2. The first-order chi connectivity index (χ1) is 6.77. The first kappa shape index (κ1) is 10.3. The van der Waals surface area contributed by atoms with E-state index in [0.29, 0.717) is 13.0 Å². The van der Waals surface area contributed by atoms with Crippen LogP contribution in [-0.2, 0) is 0 Å². The van der Waals surface area contributed by atoms with Crippen LogP contribution in [-0.4, -0.2) is 23.1 Å². The highest BCUT2D eigenvalue weighted by Gasteiger charge is 2.05. The largest absolute Gasteiger partial charge is 0.368 e. The maximum atomic E-state index is 8.48. The van der Waals surface area contributed by atoms with Crippen molar-refractivity contribution in [3.8, 4) is 6.07 Å². The fourth-order valence-corrected chi connectivity index (χ4v) is 1.16. The van der Waals surface area contributed by atoms with Crippen molar-refractivity contribution in [1.82, 2.24) is 9.97 Å². The Morgan fingerprint density at radius 3 is 3.00 bits per heavy atom. The van der Waals surface area contributed by atoms with E-state index in [1.165, 1.54) is 0 Å². The minimum Gasteiger partial charge on any atom is -0.368 e. The zero-order chi connectivity index (χ0) is 10.4. The van der Waals surface area contributed by atoms with Crippen LogP contribution in [0.15, 0.2) is 12.3 Å². The average molecular weight is 191 g/mol. The summed E-state index contributed by atoms with van der Waals surface area (Å²) in [5, 5.41) is 8.48. The quantitative estimate of drug-likeness (QED) is 0.761. The monoisotopic (exact) mass is 191 g/mol. The van der Waals surface area contributed by atoms with E-state index in [-0.39, 0.29) is 5.95 Å². The molecule has 0 aliphatic heterocycles. The number of nitriles is 1. The molecule has 0 spiro atoms. The minimum atomic E-state index is 0.262. The van der Waals surface area contributed by atoms with E-state index in [0.717, 1.165) is 12.4 Å². The van der Waals surface area contributed by atoms with Gasteiger partial charge in [-0.15, -0.1) is 0 Å². The summed E-state index contributed by atoms with van der Waals surface area (Å²) in [6, 6.07) is 3.89. The number of nitrogens with zero attached hydrogens (tertiary/aromatic N) is 4. The van der Waals surface area contributed by atoms with Gasteiger partial charge in [-0.25, -0.2) is 4.98 Å². The van der Waals surface area contributed by atoms with Gasteiger partial charge >= 0.3 is 0 Å². The van der Waals surface area contributed by atoms with Crippen LogP contribution in [0.1, 0.15) is 13.3 Å². The Kier molecular flexibility index (Phi) is 3.68. The van der Waals surface area contributed by atoms with Crippen molar-refractivity contribution in [3.63, 3.8) is 0 Å². The van der Waals surface area contributed by atoms with Crippen molar-refractivity contribution in [3.05, 3.63) is 12.3 Å². The van der Waals surface area contributed by atoms with Crippen LogP contribution in [0.3, 0.4) is 0 Å². The zero-order valence-electron chi connectivity index (χ0n) is 8.14. The molecule has 0 saturated carbocycles. The van der Waals surface area contributed by atoms with E-state index in [9.17, 15) is 0 Å². The third-order valence-electron chi connectivity index (χ3n) is 1.86. The third kappa shape index (κ3) is 2.59. The van der Waals surface area contributed by atoms with Crippen LogP contribution in [0.25, 0.3) is 0 Å². The van der Waals surface area contributed by atoms with E-state index >= 15 is 0 Å². The maximum absolute atomic E-state index is 8.48. The predicted molar refractivity (Wildman–Crippen MR) is 54.6 cm³/mol. The van der Waals surface area contributed by atoms with Gasteiger partial charge in [0.05, 0.1) is 12.5 Å². The summed E-state index contributed by atoms with van der Waals surface area (Å²) in [6.45, 7) is 3.48. The average Bonchev–Trinajstić information content (AvgIpc) is 2.19. The van der Waals surface area contributed by atoms with Crippen molar-refractivity contribution in [1.29, 1.82) is 5.26 Å². The molecule has 0 atom stereocenters. The van der Waals surface area contributed by atoms with Gasteiger partial charge in [-0.05, 0) is 13.0 Å². The first-order valence-corrected chi connectivity index (χ1v) is 4.48. The SMILES string of the molecule is CCN(CCC#N)c1ccnc(N)n1. The van der Waals surface area contributed by atoms with E-state index in [4.69, 9.17) is 11.0 Å². The topological polar surface area (TPSA) is 78.8 Å². The Hall–Kier alpha value is -1.83. The summed E-state index contributed by atoms with van der Waals surface area (Å²) < 4.78 is 0. The maximum Gasteiger partial charge on any atom is 0.221 e. The Balaban J connectivity index is 2.74. The Labute approximate surface area is 83.2 Å². The molecule has 5 heteroatoms. The molecule has 1 aromatic rings. The van der Waals surface area contributed by atoms with Crippen LogP contribution >= 0.6 is 0 Å². The Morgan fingerprint density at radius 2 is 2.43 bits per heavy atom. The van der Waals surface area contributed by atoms with Crippen molar-refractivity contribution in [2.45, 2.75) is 13.3 Å². The summed E-state index contributed by atoms with van der Waals surface area (Å²) >= 11 is 0. The molecular formula is C9H13N5. The lowest BCUT2D eigenvalue weighted by Crippen LogP contribution is -2.24. The van der Waals surface area contributed by atoms with Crippen LogP contribution in [0.4, 0.5) is 11.8 Å². The molecule has 1 heterocycles. The Morgan fingerprint density at radius 1 is 1.64 bits per heavy atom. The number of anilines is 2. The normalized spacial score (nSPS) is 9.43. The lowest BCUT2D eigenvalue weighted by molar-refractivity contribution is 0.809. The molecule has 0 fully saturated rings. The first-order valence-electron chi connectivity index (χ1n) is 4.48. The van der Waals surface area contributed by atoms with E-state index < -0.39 is 0 Å². The molecule has 1 aromatic heterocycles. The number of aromatic nitrogens is 2. The predicted octanol–water partition coefficient (Wildman–Crippen LogP) is 0.799. The fraction of sp³-hybridized carbons (Fsp3) is 0.444. The van der Waals surface area contributed by atoms with E-state index in [1.54, 1.807) is 12.3 Å². The summed E-state index contributed by atoms with van der Waals surface area (Å²) in [4.78, 5) is 9.88. The molecule has 0 aromatic carbocycles. The zero-order valence-corrected chi connectivity index (χ0v) is 8.14. The van der Waals surface area contributed by atoms with Gasteiger partial charge in [0.2, 0.25) is 5.95 Å². The van der Waals surface area contributed by atoms with Crippen molar-refractivity contribution in [2.75, 3.05) is 23.7 Å². The fourth-order valence-electron chi connectivity index (χ4n) is 1.16. The third-order valence-corrected chi connectivity index (χ3v) is 1.86. The number of hydrogen-bond acceptors (Lipinski definition) is 5. The van der Waals surface area contributed by atoms with Crippen molar-refractivity contribution < 1.29 is 0 Å². The molecule has 0 amide bonds. The van der Waals surface area contributed by atoms with Gasteiger partial charge < -0.3 is 10.6 Å².